The van der Waals surface area contributed by atoms with Crippen molar-refractivity contribution >= 4 is 11.7 Å². The first-order valence-corrected chi connectivity index (χ1v) is 5.06. The summed E-state index contributed by atoms with van der Waals surface area (Å²) >= 11 is 0. The van der Waals surface area contributed by atoms with Crippen LogP contribution in [0.4, 0.5) is 5.82 Å². The van der Waals surface area contributed by atoms with E-state index in [1.807, 2.05) is 0 Å². The van der Waals surface area contributed by atoms with Crippen molar-refractivity contribution < 1.29 is 4.79 Å². The number of carbonyl (C=O) groups is 1. The van der Waals surface area contributed by atoms with Crippen LogP contribution in [0.25, 0.3) is 0 Å². The summed E-state index contributed by atoms with van der Waals surface area (Å²) in [4.78, 5) is 19.5. The van der Waals surface area contributed by atoms with E-state index in [9.17, 15) is 4.79 Å². The van der Waals surface area contributed by atoms with Gasteiger partial charge >= 0.3 is 0 Å². The lowest BCUT2D eigenvalue weighted by atomic mass is 10.3. The molecule has 0 aromatic carbocycles. The van der Waals surface area contributed by atoms with Crippen molar-refractivity contribution in [3.8, 4) is 0 Å². The molecule has 0 aliphatic carbocycles. The molecule has 0 saturated carbocycles. The van der Waals surface area contributed by atoms with Crippen LogP contribution in [0.15, 0.2) is 12.4 Å². The first-order chi connectivity index (χ1) is 7.27. The van der Waals surface area contributed by atoms with E-state index in [0.717, 1.165) is 12.8 Å². The Morgan fingerprint density at radius 1 is 1.47 bits per heavy atom. The molecule has 5 nitrogen and oxygen atoms in total. The lowest BCUT2D eigenvalue weighted by Crippen LogP contribution is -2.25. The molecule has 0 bridgehead atoms. The first-order valence-electron chi connectivity index (χ1n) is 5.06. The van der Waals surface area contributed by atoms with E-state index < -0.39 is 0 Å². The minimum atomic E-state index is -0.173. The maximum atomic E-state index is 11.5. The SMILES string of the molecule is CCCCNC(=O)c1cncc(NC)n1. The highest BCUT2D eigenvalue weighted by atomic mass is 16.1. The smallest absolute Gasteiger partial charge is 0.271 e. The highest BCUT2D eigenvalue weighted by molar-refractivity contribution is 5.92. The van der Waals surface area contributed by atoms with Gasteiger partial charge in [0.05, 0.1) is 12.4 Å². The second kappa shape index (κ2) is 5.95. The molecule has 1 aromatic heterocycles. The van der Waals surface area contributed by atoms with Gasteiger partial charge in [-0.2, -0.15) is 0 Å². The number of rotatable bonds is 5. The zero-order chi connectivity index (χ0) is 11.1. The number of carbonyl (C=O) groups excluding carboxylic acids is 1. The fourth-order valence-corrected chi connectivity index (χ4v) is 1.07. The normalized spacial score (nSPS) is 9.73. The topological polar surface area (TPSA) is 66.9 Å². The van der Waals surface area contributed by atoms with Crippen LogP contribution in [-0.4, -0.2) is 29.5 Å². The number of aromatic nitrogens is 2. The van der Waals surface area contributed by atoms with E-state index >= 15 is 0 Å². The van der Waals surface area contributed by atoms with Gasteiger partial charge < -0.3 is 10.6 Å². The maximum absolute atomic E-state index is 11.5. The third-order valence-corrected chi connectivity index (χ3v) is 1.94. The molecule has 1 rings (SSSR count). The maximum Gasteiger partial charge on any atom is 0.271 e. The summed E-state index contributed by atoms with van der Waals surface area (Å²) in [7, 11) is 1.74. The summed E-state index contributed by atoms with van der Waals surface area (Å²) in [6.07, 6.45) is 5.07. The molecule has 2 N–H and O–H groups in total. The van der Waals surface area contributed by atoms with Crippen molar-refractivity contribution in [3.63, 3.8) is 0 Å². The highest BCUT2D eigenvalue weighted by Gasteiger charge is 2.06. The number of amides is 1. The van der Waals surface area contributed by atoms with Crippen molar-refractivity contribution in [2.24, 2.45) is 0 Å². The van der Waals surface area contributed by atoms with Crippen LogP contribution in [0.1, 0.15) is 30.3 Å². The van der Waals surface area contributed by atoms with Gasteiger partial charge in [0.1, 0.15) is 11.5 Å². The summed E-state index contributed by atoms with van der Waals surface area (Å²) in [5.41, 5.74) is 0.345. The van der Waals surface area contributed by atoms with Crippen molar-refractivity contribution in [1.29, 1.82) is 0 Å². The molecule has 1 aromatic rings. The Balaban J connectivity index is 2.57. The van der Waals surface area contributed by atoms with E-state index in [1.54, 1.807) is 13.2 Å². The Morgan fingerprint density at radius 3 is 2.93 bits per heavy atom. The van der Waals surface area contributed by atoms with Crippen LogP contribution in [0, 0.1) is 0 Å². The average Bonchev–Trinajstić information content (AvgIpc) is 2.29. The zero-order valence-electron chi connectivity index (χ0n) is 9.08. The minimum Gasteiger partial charge on any atom is -0.372 e. The number of hydrogen-bond donors (Lipinski definition) is 2. The van der Waals surface area contributed by atoms with Crippen LogP contribution in [0.5, 0.6) is 0 Å². The molecule has 0 aliphatic heterocycles. The number of anilines is 1. The largest absolute Gasteiger partial charge is 0.372 e. The predicted octanol–water partition coefficient (Wildman–Crippen LogP) is 1.05. The molecular formula is C10H16N4O. The molecule has 0 radical (unpaired) electrons. The van der Waals surface area contributed by atoms with Crippen molar-refractivity contribution in [2.75, 3.05) is 18.9 Å². The second-order valence-electron chi connectivity index (χ2n) is 3.15. The van der Waals surface area contributed by atoms with Crippen LogP contribution < -0.4 is 10.6 Å². The lowest BCUT2D eigenvalue weighted by molar-refractivity contribution is 0.0948. The van der Waals surface area contributed by atoms with Gasteiger partial charge in [0.25, 0.3) is 5.91 Å². The molecule has 0 fully saturated rings. The summed E-state index contributed by atoms with van der Waals surface area (Å²) in [6, 6.07) is 0. The standard InChI is InChI=1S/C10H16N4O/c1-3-4-5-13-10(15)8-6-12-7-9(11-2)14-8/h6-7H,3-5H2,1-2H3,(H,11,14)(H,13,15). The van der Waals surface area contributed by atoms with Gasteiger partial charge in [-0.1, -0.05) is 13.3 Å². The third-order valence-electron chi connectivity index (χ3n) is 1.94. The Labute approximate surface area is 89.3 Å². The van der Waals surface area contributed by atoms with Gasteiger partial charge in [-0.25, -0.2) is 4.98 Å². The van der Waals surface area contributed by atoms with Crippen LogP contribution in [0.3, 0.4) is 0 Å². The van der Waals surface area contributed by atoms with Crippen molar-refractivity contribution in [3.05, 3.63) is 18.1 Å². The fraction of sp³-hybridized carbons (Fsp3) is 0.500. The Hall–Kier alpha value is -1.65. The monoisotopic (exact) mass is 208 g/mol. The van der Waals surface area contributed by atoms with E-state index in [4.69, 9.17) is 0 Å². The number of unbranched alkanes of at least 4 members (excludes halogenated alkanes) is 1. The predicted molar refractivity (Wildman–Crippen MR) is 58.8 cm³/mol. The molecule has 1 heterocycles. The van der Waals surface area contributed by atoms with E-state index in [2.05, 4.69) is 27.5 Å². The zero-order valence-corrected chi connectivity index (χ0v) is 9.08. The fourth-order valence-electron chi connectivity index (χ4n) is 1.07. The highest BCUT2D eigenvalue weighted by Crippen LogP contribution is 2.00. The summed E-state index contributed by atoms with van der Waals surface area (Å²) in [5.74, 6) is 0.422. The molecule has 15 heavy (non-hydrogen) atoms. The van der Waals surface area contributed by atoms with E-state index in [0.29, 0.717) is 18.1 Å². The third kappa shape index (κ3) is 3.53. The van der Waals surface area contributed by atoms with Gasteiger partial charge in [0, 0.05) is 13.6 Å². The average molecular weight is 208 g/mol. The van der Waals surface area contributed by atoms with Crippen molar-refractivity contribution in [2.45, 2.75) is 19.8 Å². The lowest BCUT2D eigenvalue weighted by Gasteiger charge is -2.04. The molecule has 0 unspecified atom stereocenters. The Bertz CT molecular complexity index is 327. The molecule has 0 aliphatic rings. The molecule has 5 heteroatoms. The first kappa shape index (κ1) is 11.4. The summed E-state index contributed by atoms with van der Waals surface area (Å²) < 4.78 is 0. The van der Waals surface area contributed by atoms with Gasteiger partial charge in [-0.15, -0.1) is 0 Å². The number of nitrogens with one attached hydrogen (secondary N) is 2. The van der Waals surface area contributed by atoms with Crippen molar-refractivity contribution in [1.82, 2.24) is 15.3 Å². The molecule has 0 atom stereocenters. The minimum absolute atomic E-state index is 0.173. The van der Waals surface area contributed by atoms with Gasteiger partial charge in [-0.05, 0) is 6.42 Å². The Morgan fingerprint density at radius 2 is 2.27 bits per heavy atom. The summed E-state index contributed by atoms with van der Waals surface area (Å²) in [5, 5.41) is 5.62. The number of nitrogens with zero attached hydrogens (tertiary/aromatic N) is 2. The van der Waals surface area contributed by atoms with Crippen LogP contribution in [0.2, 0.25) is 0 Å². The summed E-state index contributed by atoms with van der Waals surface area (Å²) in [6.45, 7) is 2.76. The Kier molecular flexibility index (Phi) is 4.53. The quantitative estimate of drug-likeness (QED) is 0.710. The van der Waals surface area contributed by atoms with E-state index in [-0.39, 0.29) is 5.91 Å². The molecule has 82 valence electrons. The van der Waals surface area contributed by atoms with Gasteiger partial charge in [0.2, 0.25) is 0 Å². The second-order valence-corrected chi connectivity index (χ2v) is 3.15. The number of hydrogen-bond acceptors (Lipinski definition) is 4. The molecule has 1 amide bonds. The van der Waals surface area contributed by atoms with Gasteiger partial charge in [0.15, 0.2) is 0 Å². The van der Waals surface area contributed by atoms with Crippen LogP contribution >= 0.6 is 0 Å². The van der Waals surface area contributed by atoms with Crippen LogP contribution in [-0.2, 0) is 0 Å². The molecule has 0 saturated heterocycles. The molecule has 0 spiro atoms. The van der Waals surface area contributed by atoms with Gasteiger partial charge in [-0.3, -0.25) is 9.78 Å². The molecular weight excluding hydrogens is 192 g/mol. The van der Waals surface area contributed by atoms with E-state index in [1.165, 1.54) is 6.20 Å².